The van der Waals surface area contributed by atoms with Crippen molar-refractivity contribution in [3.8, 4) is 11.1 Å². The van der Waals surface area contributed by atoms with Gasteiger partial charge in [0.05, 0.1) is 17.7 Å². The maximum atomic E-state index is 12.6. The molecule has 4 rings (SSSR count). The third-order valence-corrected chi connectivity index (χ3v) is 4.61. The zero-order chi connectivity index (χ0) is 18.3. The standard InChI is InChI=1S/C20H14N2O4/c23-19(12-21-11-16(22(25)26)7-8-20(21)24)15-6-5-14-9-13-3-1-2-4-17(13)18(14)10-15/h1-8,10-11H,9,12H2. The fraction of sp³-hybridized carbons (Fsp3) is 0.100. The van der Waals surface area contributed by atoms with Gasteiger partial charge in [-0.05, 0) is 34.7 Å². The molecule has 26 heavy (non-hydrogen) atoms. The van der Waals surface area contributed by atoms with E-state index < -0.39 is 10.5 Å². The van der Waals surface area contributed by atoms with Gasteiger partial charge in [-0.2, -0.15) is 0 Å². The van der Waals surface area contributed by atoms with E-state index in [-0.39, 0.29) is 18.0 Å². The molecule has 3 aromatic rings. The molecule has 0 aliphatic heterocycles. The van der Waals surface area contributed by atoms with Crippen LogP contribution in [0.25, 0.3) is 11.1 Å². The zero-order valence-electron chi connectivity index (χ0n) is 13.7. The molecule has 1 aliphatic carbocycles. The van der Waals surface area contributed by atoms with E-state index in [4.69, 9.17) is 0 Å². The molecule has 1 heterocycles. The maximum Gasteiger partial charge on any atom is 0.285 e. The Balaban J connectivity index is 1.66. The van der Waals surface area contributed by atoms with Crippen molar-refractivity contribution < 1.29 is 9.72 Å². The van der Waals surface area contributed by atoms with E-state index in [0.717, 1.165) is 46.0 Å². The third-order valence-electron chi connectivity index (χ3n) is 4.61. The summed E-state index contributed by atoms with van der Waals surface area (Å²) in [6.07, 6.45) is 1.94. The second-order valence-electron chi connectivity index (χ2n) is 6.24. The van der Waals surface area contributed by atoms with E-state index in [1.54, 1.807) is 6.07 Å². The topological polar surface area (TPSA) is 82.2 Å². The summed E-state index contributed by atoms with van der Waals surface area (Å²) in [5, 5.41) is 10.9. The lowest BCUT2D eigenvalue weighted by atomic mass is 10.0. The number of hydrogen-bond donors (Lipinski definition) is 0. The normalized spacial score (nSPS) is 11.7. The van der Waals surface area contributed by atoms with Crippen LogP contribution in [0.3, 0.4) is 0 Å². The van der Waals surface area contributed by atoms with Crippen LogP contribution >= 0.6 is 0 Å². The van der Waals surface area contributed by atoms with Crippen LogP contribution in [-0.4, -0.2) is 15.3 Å². The molecule has 6 nitrogen and oxygen atoms in total. The maximum absolute atomic E-state index is 12.6. The Bertz CT molecular complexity index is 1110. The monoisotopic (exact) mass is 346 g/mol. The molecule has 128 valence electrons. The van der Waals surface area contributed by atoms with Gasteiger partial charge in [0.15, 0.2) is 5.78 Å². The minimum Gasteiger partial charge on any atom is -0.301 e. The average molecular weight is 346 g/mol. The minimum absolute atomic E-state index is 0.222. The van der Waals surface area contributed by atoms with Gasteiger partial charge in [0.25, 0.3) is 11.2 Å². The molecule has 1 aliphatic rings. The van der Waals surface area contributed by atoms with E-state index in [0.29, 0.717) is 5.56 Å². The predicted octanol–water partition coefficient (Wildman–Crippen LogP) is 3.21. The molecular weight excluding hydrogens is 332 g/mol. The number of nitro groups is 1. The van der Waals surface area contributed by atoms with Gasteiger partial charge in [-0.3, -0.25) is 19.7 Å². The summed E-state index contributed by atoms with van der Waals surface area (Å²) in [7, 11) is 0. The Labute approximate surface area is 148 Å². The van der Waals surface area contributed by atoms with Gasteiger partial charge in [-0.25, -0.2) is 0 Å². The number of fused-ring (bicyclic) bond motifs is 3. The van der Waals surface area contributed by atoms with Crippen molar-refractivity contribution in [2.75, 3.05) is 0 Å². The number of ketones is 1. The Hall–Kier alpha value is -3.54. The van der Waals surface area contributed by atoms with Crippen LogP contribution in [0.15, 0.2) is 65.6 Å². The number of rotatable bonds is 4. The summed E-state index contributed by atoms with van der Waals surface area (Å²) in [5.41, 5.74) is 4.34. The molecule has 6 heteroatoms. The highest BCUT2D eigenvalue weighted by Gasteiger charge is 2.20. The van der Waals surface area contributed by atoms with Crippen molar-refractivity contribution in [2.24, 2.45) is 0 Å². The Morgan fingerprint density at radius 1 is 1.04 bits per heavy atom. The highest BCUT2D eigenvalue weighted by molar-refractivity contribution is 5.98. The minimum atomic E-state index is -0.591. The van der Waals surface area contributed by atoms with Gasteiger partial charge in [-0.1, -0.05) is 36.4 Å². The number of Topliss-reactive ketones (excluding diaryl/α,β-unsaturated/α-hetero) is 1. The van der Waals surface area contributed by atoms with Gasteiger partial charge in [0.2, 0.25) is 0 Å². The lowest BCUT2D eigenvalue weighted by Crippen LogP contribution is -2.23. The molecule has 0 amide bonds. The lowest BCUT2D eigenvalue weighted by Gasteiger charge is -2.07. The van der Waals surface area contributed by atoms with Crippen LogP contribution in [0.5, 0.6) is 0 Å². The fourth-order valence-electron chi connectivity index (χ4n) is 3.29. The zero-order valence-corrected chi connectivity index (χ0v) is 13.7. The van der Waals surface area contributed by atoms with Gasteiger partial charge >= 0.3 is 0 Å². The molecule has 0 spiro atoms. The second kappa shape index (κ2) is 6.07. The number of carbonyl (C=O) groups excluding carboxylic acids is 1. The van der Waals surface area contributed by atoms with Crippen LogP contribution in [-0.2, 0) is 13.0 Å². The van der Waals surface area contributed by atoms with Crippen molar-refractivity contribution in [2.45, 2.75) is 13.0 Å². The summed E-state index contributed by atoms with van der Waals surface area (Å²) < 4.78 is 1.07. The van der Waals surface area contributed by atoms with E-state index >= 15 is 0 Å². The largest absolute Gasteiger partial charge is 0.301 e. The molecule has 1 aromatic heterocycles. The van der Waals surface area contributed by atoms with Crippen molar-refractivity contribution in [3.63, 3.8) is 0 Å². The second-order valence-corrected chi connectivity index (χ2v) is 6.24. The first-order chi connectivity index (χ1) is 12.5. The number of carbonyl (C=O) groups is 1. The third kappa shape index (κ3) is 2.71. The van der Waals surface area contributed by atoms with Crippen LogP contribution < -0.4 is 5.56 Å². The highest BCUT2D eigenvalue weighted by atomic mass is 16.6. The van der Waals surface area contributed by atoms with Crippen molar-refractivity contribution >= 4 is 11.5 Å². The predicted molar refractivity (Wildman–Crippen MR) is 96.4 cm³/mol. The fourth-order valence-corrected chi connectivity index (χ4v) is 3.29. The molecule has 0 bridgehead atoms. The molecule has 0 radical (unpaired) electrons. The average Bonchev–Trinajstić information content (AvgIpc) is 3.01. The van der Waals surface area contributed by atoms with Crippen LogP contribution in [0.1, 0.15) is 21.5 Å². The molecule has 0 atom stereocenters. The van der Waals surface area contributed by atoms with E-state index in [1.165, 1.54) is 5.56 Å². The number of aromatic nitrogens is 1. The van der Waals surface area contributed by atoms with Gasteiger partial charge in [-0.15, -0.1) is 0 Å². The summed E-state index contributed by atoms with van der Waals surface area (Å²) in [5.74, 6) is -0.264. The SMILES string of the molecule is O=C(Cn1cc([N+](=O)[O-])ccc1=O)c1ccc2c(c1)-c1ccccc1C2. The van der Waals surface area contributed by atoms with Crippen LogP contribution in [0.2, 0.25) is 0 Å². The molecule has 2 aromatic carbocycles. The van der Waals surface area contributed by atoms with Gasteiger partial charge in [0.1, 0.15) is 0 Å². The van der Waals surface area contributed by atoms with E-state index in [9.17, 15) is 19.7 Å². The van der Waals surface area contributed by atoms with Crippen LogP contribution in [0, 0.1) is 10.1 Å². The Morgan fingerprint density at radius 3 is 2.62 bits per heavy atom. The Morgan fingerprint density at radius 2 is 1.81 bits per heavy atom. The molecule has 0 saturated carbocycles. The summed E-state index contributed by atoms with van der Waals surface area (Å²) in [6.45, 7) is -0.235. The van der Waals surface area contributed by atoms with Crippen molar-refractivity contribution in [1.82, 2.24) is 4.57 Å². The summed E-state index contributed by atoms with van der Waals surface area (Å²) in [4.78, 5) is 34.8. The molecule has 0 N–H and O–H groups in total. The summed E-state index contributed by atoms with van der Waals surface area (Å²) in [6, 6.07) is 15.8. The molecule has 0 unspecified atom stereocenters. The highest BCUT2D eigenvalue weighted by Crippen LogP contribution is 2.36. The smallest absolute Gasteiger partial charge is 0.285 e. The van der Waals surface area contributed by atoms with Crippen LogP contribution in [0.4, 0.5) is 5.69 Å². The van der Waals surface area contributed by atoms with E-state index in [1.807, 2.05) is 30.3 Å². The summed E-state index contributed by atoms with van der Waals surface area (Å²) >= 11 is 0. The van der Waals surface area contributed by atoms with Crippen molar-refractivity contribution in [3.05, 3.63) is 98.0 Å². The van der Waals surface area contributed by atoms with Crippen molar-refractivity contribution in [1.29, 1.82) is 0 Å². The molecule has 0 fully saturated rings. The quantitative estimate of drug-likeness (QED) is 0.323. The number of pyridine rings is 1. The van der Waals surface area contributed by atoms with E-state index in [2.05, 4.69) is 6.07 Å². The number of hydrogen-bond acceptors (Lipinski definition) is 4. The van der Waals surface area contributed by atoms with Gasteiger partial charge in [0, 0.05) is 17.7 Å². The first-order valence-electron chi connectivity index (χ1n) is 8.12. The lowest BCUT2D eigenvalue weighted by molar-refractivity contribution is -0.385. The molecular formula is C20H14N2O4. The first kappa shape index (κ1) is 16.0. The van der Waals surface area contributed by atoms with Gasteiger partial charge < -0.3 is 4.57 Å². The number of nitrogens with zero attached hydrogens (tertiary/aromatic N) is 2. The first-order valence-corrected chi connectivity index (χ1v) is 8.12. The molecule has 0 saturated heterocycles. The Kier molecular flexibility index (Phi) is 3.73. The number of benzene rings is 2.